The van der Waals surface area contributed by atoms with Crippen LogP contribution in [0.25, 0.3) is 0 Å². The van der Waals surface area contributed by atoms with Crippen molar-refractivity contribution in [3.63, 3.8) is 0 Å². The van der Waals surface area contributed by atoms with Crippen LogP contribution in [0, 0.1) is 5.92 Å². The van der Waals surface area contributed by atoms with E-state index >= 15 is 0 Å². The fourth-order valence-electron chi connectivity index (χ4n) is 3.05. The van der Waals surface area contributed by atoms with Crippen molar-refractivity contribution in [3.05, 3.63) is 18.7 Å². The van der Waals surface area contributed by atoms with Gasteiger partial charge in [0.05, 0.1) is 6.33 Å². The van der Waals surface area contributed by atoms with Crippen LogP contribution in [0.2, 0.25) is 0 Å². The topological polar surface area (TPSA) is 17.8 Å². The van der Waals surface area contributed by atoms with Crippen molar-refractivity contribution in [3.8, 4) is 0 Å². The van der Waals surface area contributed by atoms with Gasteiger partial charge in [-0.3, -0.25) is 0 Å². The lowest BCUT2D eigenvalue weighted by Crippen LogP contribution is -2.16. The smallest absolute Gasteiger partial charge is 0.0948 e. The number of rotatable bonds is 12. The molecule has 0 saturated carbocycles. The third-order valence-corrected chi connectivity index (χ3v) is 4.53. The number of aromatic nitrogens is 2. The Morgan fingerprint density at radius 2 is 1.50 bits per heavy atom. The Hall–Kier alpha value is -0.790. The summed E-state index contributed by atoms with van der Waals surface area (Å²) in [6.07, 6.45) is 19.8. The summed E-state index contributed by atoms with van der Waals surface area (Å²) in [5.74, 6) is 0.818. The molecule has 0 aromatic carbocycles. The number of unbranched alkanes of at least 4 members (excludes halogenated alkanes) is 6. The molecule has 0 N–H and O–H groups in total. The van der Waals surface area contributed by atoms with Crippen molar-refractivity contribution < 1.29 is 0 Å². The van der Waals surface area contributed by atoms with Gasteiger partial charge in [-0.05, 0) is 25.7 Å². The van der Waals surface area contributed by atoms with Crippen molar-refractivity contribution in [1.29, 1.82) is 0 Å². The first-order valence-electron chi connectivity index (χ1n) is 8.77. The lowest BCUT2D eigenvalue weighted by atomic mass is 9.89. The molecule has 0 fully saturated rings. The monoisotopic (exact) mass is 278 g/mol. The van der Waals surface area contributed by atoms with E-state index in [1.807, 2.05) is 12.5 Å². The maximum Gasteiger partial charge on any atom is 0.0948 e. The molecule has 0 aliphatic carbocycles. The molecule has 0 amide bonds. The second-order valence-electron chi connectivity index (χ2n) is 6.21. The molecule has 0 radical (unpaired) electrons. The second-order valence-corrected chi connectivity index (χ2v) is 6.21. The molecule has 0 bridgehead atoms. The third kappa shape index (κ3) is 6.58. The SMILES string of the molecule is CCCCCCC(CCCCCC)C(C)n1ccnc1. The molecule has 1 unspecified atom stereocenters. The van der Waals surface area contributed by atoms with E-state index in [9.17, 15) is 0 Å². The van der Waals surface area contributed by atoms with E-state index in [0.29, 0.717) is 6.04 Å². The molecule has 1 atom stereocenters. The van der Waals surface area contributed by atoms with Crippen molar-refractivity contribution in [1.82, 2.24) is 9.55 Å². The van der Waals surface area contributed by atoms with E-state index in [-0.39, 0.29) is 0 Å². The molecule has 2 nitrogen and oxygen atoms in total. The molecule has 0 spiro atoms. The van der Waals surface area contributed by atoms with Gasteiger partial charge in [0.2, 0.25) is 0 Å². The lowest BCUT2D eigenvalue weighted by Gasteiger charge is -2.25. The molecule has 1 rings (SSSR count). The Balaban J connectivity index is 2.40. The van der Waals surface area contributed by atoms with Gasteiger partial charge in [-0.1, -0.05) is 65.2 Å². The predicted octanol–water partition coefficient (Wildman–Crippen LogP) is 6.00. The van der Waals surface area contributed by atoms with E-state index in [1.54, 1.807) is 0 Å². The molecule has 20 heavy (non-hydrogen) atoms. The van der Waals surface area contributed by atoms with E-state index in [4.69, 9.17) is 0 Å². The molecular weight excluding hydrogens is 244 g/mol. The zero-order chi connectivity index (χ0) is 14.6. The molecule has 1 aromatic rings. The van der Waals surface area contributed by atoms with Crippen LogP contribution in [0.3, 0.4) is 0 Å². The second kappa shape index (κ2) is 10.9. The minimum atomic E-state index is 0.598. The van der Waals surface area contributed by atoms with Gasteiger partial charge in [-0.2, -0.15) is 0 Å². The van der Waals surface area contributed by atoms with Crippen LogP contribution >= 0.6 is 0 Å². The first-order valence-corrected chi connectivity index (χ1v) is 8.77. The van der Waals surface area contributed by atoms with Crippen LogP contribution in [0.4, 0.5) is 0 Å². The number of hydrogen-bond acceptors (Lipinski definition) is 1. The Kier molecular flexibility index (Phi) is 9.44. The molecule has 116 valence electrons. The van der Waals surface area contributed by atoms with Gasteiger partial charge < -0.3 is 4.57 Å². The minimum absolute atomic E-state index is 0.598. The zero-order valence-electron chi connectivity index (χ0n) is 13.9. The summed E-state index contributed by atoms with van der Waals surface area (Å²) in [4.78, 5) is 4.21. The van der Waals surface area contributed by atoms with Crippen LogP contribution in [0.1, 0.15) is 91.0 Å². The average molecular weight is 278 g/mol. The highest BCUT2D eigenvalue weighted by atomic mass is 15.0. The number of nitrogens with zero attached hydrogens (tertiary/aromatic N) is 2. The molecule has 1 heterocycles. The van der Waals surface area contributed by atoms with Crippen molar-refractivity contribution >= 4 is 0 Å². The van der Waals surface area contributed by atoms with Gasteiger partial charge >= 0.3 is 0 Å². The third-order valence-electron chi connectivity index (χ3n) is 4.53. The largest absolute Gasteiger partial charge is 0.334 e. The fraction of sp³-hybridized carbons (Fsp3) is 0.833. The maximum atomic E-state index is 4.21. The predicted molar refractivity (Wildman–Crippen MR) is 87.9 cm³/mol. The summed E-state index contributed by atoms with van der Waals surface area (Å²) in [7, 11) is 0. The highest BCUT2D eigenvalue weighted by Gasteiger charge is 2.17. The Bertz CT molecular complexity index is 293. The number of imidazole rings is 1. The van der Waals surface area contributed by atoms with E-state index in [1.165, 1.54) is 64.2 Å². The normalized spacial score (nSPS) is 13.0. The molecule has 1 aromatic heterocycles. The van der Waals surface area contributed by atoms with Gasteiger partial charge in [0.15, 0.2) is 0 Å². The van der Waals surface area contributed by atoms with Gasteiger partial charge in [0.1, 0.15) is 0 Å². The molecule has 0 aliphatic heterocycles. The maximum absolute atomic E-state index is 4.21. The first kappa shape index (κ1) is 17.3. The van der Waals surface area contributed by atoms with Crippen molar-refractivity contribution in [2.24, 2.45) is 5.92 Å². The van der Waals surface area contributed by atoms with E-state index in [2.05, 4.69) is 36.5 Å². The van der Waals surface area contributed by atoms with Crippen LogP contribution in [-0.4, -0.2) is 9.55 Å². The van der Waals surface area contributed by atoms with E-state index < -0.39 is 0 Å². The Morgan fingerprint density at radius 1 is 0.900 bits per heavy atom. The van der Waals surface area contributed by atoms with Gasteiger partial charge in [0, 0.05) is 18.4 Å². The number of hydrogen-bond donors (Lipinski definition) is 0. The quantitative estimate of drug-likeness (QED) is 0.429. The van der Waals surface area contributed by atoms with Gasteiger partial charge in [-0.15, -0.1) is 0 Å². The summed E-state index contributed by atoms with van der Waals surface area (Å²) in [5, 5.41) is 0. The van der Waals surface area contributed by atoms with Crippen molar-refractivity contribution in [2.45, 2.75) is 91.0 Å². The molecule has 0 aliphatic rings. The summed E-state index contributed by atoms with van der Waals surface area (Å²) < 4.78 is 2.30. The Morgan fingerprint density at radius 3 is 1.95 bits per heavy atom. The van der Waals surface area contributed by atoms with E-state index in [0.717, 1.165) is 5.92 Å². The minimum Gasteiger partial charge on any atom is -0.334 e. The standard InChI is InChI=1S/C18H34N2/c1-4-6-8-10-12-18(13-11-9-7-5-2)17(3)20-15-14-19-16-20/h14-18H,4-13H2,1-3H3. The Labute approximate surface area is 126 Å². The summed E-state index contributed by atoms with van der Waals surface area (Å²) in [6.45, 7) is 6.94. The molecule has 0 saturated heterocycles. The van der Waals surface area contributed by atoms with Crippen LogP contribution < -0.4 is 0 Å². The van der Waals surface area contributed by atoms with Crippen LogP contribution in [0.15, 0.2) is 18.7 Å². The lowest BCUT2D eigenvalue weighted by molar-refractivity contribution is 0.294. The van der Waals surface area contributed by atoms with Crippen molar-refractivity contribution in [2.75, 3.05) is 0 Å². The van der Waals surface area contributed by atoms with Crippen LogP contribution in [0.5, 0.6) is 0 Å². The molecular formula is C18H34N2. The van der Waals surface area contributed by atoms with Gasteiger partial charge in [-0.25, -0.2) is 4.98 Å². The summed E-state index contributed by atoms with van der Waals surface area (Å²) in [5.41, 5.74) is 0. The highest BCUT2D eigenvalue weighted by Crippen LogP contribution is 2.28. The average Bonchev–Trinajstić information content (AvgIpc) is 2.99. The fourth-order valence-corrected chi connectivity index (χ4v) is 3.05. The summed E-state index contributed by atoms with van der Waals surface area (Å²) >= 11 is 0. The zero-order valence-corrected chi connectivity index (χ0v) is 13.9. The molecule has 2 heteroatoms. The summed E-state index contributed by atoms with van der Waals surface area (Å²) in [6, 6.07) is 0.598. The highest BCUT2D eigenvalue weighted by molar-refractivity contribution is 4.82. The van der Waals surface area contributed by atoms with Gasteiger partial charge in [0.25, 0.3) is 0 Å². The first-order chi connectivity index (χ1) is 9.79. The van der Waals surface area contributed by atoms with Crippen LogP contribution in [-0.2, 0) is 0 Å².